The Morgan fingerprint density at radius 2 is 1.29 bits per heavy atom. The first-order valence-corrected chi connectivity index (χ1v) is 9.95. The van der Waals surface area contributed by atoms with Crippen LogP contribution in [0.5, 0.6) is 0 Å². The second-order valence-electron chi connectivity index (χ2n) is 7.33. The van der Waals surface area contributed by atoms with E-state index in [1.807, 2.05) is 5.32 Å². The van der Waals surface area contributed by atoms with Gasteiger partial charge in [-0.2, -0.15) is 0 Å². The van der Waals surface area contributed by atoms with Gasteiger partial charge in [0.05, 0.1) is 18.6 Å². The second kappa shape index (κ2) is 14.4. The smallest absolute Gasteiger partial charge is 0.326 e. The number of hydrogen-bond donors (Lipinski definition) is 9. The number of aliphatic carboxylic acids is 3. The molecule has 34 heavy (non-hydrogen) atoms. The number of aliphatic hydroxyl groups excluding tert-OH is 1. The third-order valence-electron chi connectivity index (χ3n) is 4.37. The Balaban J connectivity index is 5.50. The van der Waals surface area contributed by atoms with Crippen molar-refractivity contribution in [3.8, 4) is 0 Å². The number of aliphatic hydroxyl groups is 1. The molecule has 4 amide bonds. The number of carbonyl (C=O) groups excluding carboxylic acids is 4. The van der Waals surface area contributed by atoms with Crippen molar-refractivity contribution in [2.75, 3.05) is 0 Å². The number of amides is 4. The predicted octanol–water partition coefficient (Wildman–Crippen LogP) is -4.16. The molecule has 0 radical (unpaired) electrons. The van der Waals surface area contributed by atoms with Crippen molar-refractivity contribution in [3.05, 3.63) is 0 Å². The zero-order chi connectivity index (χ0) is 26.6. The molecule has 0 saturated carbocycles. The van der Waals surface area contributed by atoms with Crippen LogP contribution in [0.1, 0.15) is 39.0 Å². The molecule has 0 aliphatic rings. The zero-order valence-electron chi connectivity index (χ0n) is 18.2. The number of rotatable bonds is 16. The van der Waals surface area contributed by atoms with Gasteiger partial charge in [-0.25, -0.2) is 4.79 Å². The summed E-state index contributed by atoms with van der Waals surface area (Å²) >= 11 is 0. The lowest BCUT2D eigenvalue weighted by Crippen LogP contribution is -2.60. The molecule has 0 rings (SSSR count). The average molecular weight is 491 g/mol. The van der Waals surface area contributed by atoms with Gasteiger partial charge in [0, 0.05) is 12.8 Å². The fourth-order valence-corrected chi connectivity index (χ4v) is 2.56. The van der Waals surface area contributed by atoms with E-state index in [-0.39, 0.29) is 6.42 Å². The first kappa shape index (κ1) is 30.2. The van der Waals surface area contributed by atoms with Crippen molar-refractivity contribution < 1.29 is 54.0 Å². The largest absolute Gasteiger partial charge is 0.481 e. The molecule has 0 aliphatic carbocycles. The number of hydrogen-bond acceptors (Lipinski definition) is 9. The molecule has 0 fully saturated rings. The highest BCUT2D eigenvalue weighted by atomic mass is 16.4. The van der Waals surface area contributed by atoms with Gasteiger partial charge in [0.1, 0.15) is 18.1 Å². The SMILES string of the molecule is CC(O)C(NC(=O)C(CCC(N)=O)NC(=O)C(N)CC(=O)O)C(=O)NC(CCC(=O)O)C(=O)O. The van der Waals surface area contributed by atoms with Crippen LogP contribution in [0.15, 0.2) is 0 Å². The fourth-order valence-electron chi connectivity index (χ4n) is 2.56. The van der Waals surface area contributed by atoms with E-state index in [1.165, 1.54) is 0 Å². The third kappa shape index (κ3) is 11.7. The monoisotopic (exact) mass is 491 g/mol. The Kier molecular flexibility index (Phi) is 12.8. The highest BCUT2D eigenvalue weighted by molar-refractivity contribution is 5.95. The minimum atomic E-state index is -1.74. The summed E-state index contributed by atoms with van der Waals surface area (Å²) in [5, 5.41) is 42.7. The summed E-state index contributed by atoms with van der Waals surface area (Å²) in [5.74, 6) is -8.39. The Hall–Kier alpha value is -3.79. The molecule has 11 N–H and O–H groups in total. The molecule has 16 nitrogen and oxygen atoms in total. The third-order valence-corrected chi connectivity index (χ3v) is 4.37. The molecular formula is C18H29N5O11. The van der Waals surface area contributed by atoms with E-state index in [9.17, 15) is 38.7 Å². The average Bonchev–Trinajstić information content (AvgIpc) is 2.70. The number of carboxylic acids is 3. The summed E-state index contributed by atoms with van der Waals surface area (Å²) in [6.07, 6.45) is -4.15. The van der Waals surface area contributed by atoms with Crippen LogP contribution in [-0.2, 0) is 33.6 Å². The van der Waals surface area contributed by atoms with Crippen LogP contribution in [0.4, 0.5) is 0 Å². The van der Waals surface area contributed by atoms with E-state index in [1.54, 1.807) is 0 Å². The van der Waals surface area contributed by atoms with Crippen LogP contribution in [-0.4, -0.2) is 92.2 Å². The molecule has 0 aromatic rings. The van der Waals surface area contributed by atoms with Gasteiger partial charge in [0.25, 0.3) is 0 Å². The van der Waals surface area contributed by atoms with Crippen LogP contribution in [0, 0.1) is 0 Å². The highest BCUT2D eigenvalue weighted by Crippen LogP contribution is 2.04. The topological polar surface area (TPSA) is 289 Å². The summed E-state index contributed by atoms with van der Waals surface area (Å²) in [4.78, 5) is 81.0. The maximum absolute atomic E-state index is 12.7. The summed E-state index contributed by atoms with van der Waals surface area (Å²) in [6, 6.07) is -6.43. The fraction of sp³-hybridized carbons (Fsp3) is 0.611. The molecular weight excluding hydrogens is 462 g/mol. The summed E-state index contributed by atoms with van der Waals surface area (Å²) in [6.45, 7) is 1.09. The highest BCUT2D eigenvalue weighted by Gasteiger charge is 2.33. The summed E-state index contributed by atoms with van der Waals surface area (Å²) in [5.41, 5.74) is 10.5. The lowest BCUT2D eigenvalue weighted by atomic mass is 10.1. The first-order chi connectivity index (χ1) is 15.6. The molecule has 192 valence electrons. The van der Waals surface area contributed by atoms with Gasteiger partial charge in [-0.1, -0.05) is 0 Å². The maximum Gasteiger partial charge on any atom is 0.326 e. The van der Waals surface area contributed by atoms with Crippen molar-refractivity contribution in [3.63, 3.8) is 0 Å². The molecule has 5 unspecified atom stereocenters. The lowest BCUT2D eigenvalue weighted by molar-refractivity contribution is -0.144. The van der Waals surface area contributed by atoms with E-state index >= 15 is 0 Å². The molecule has 0 bridgehead atoms. The van der Waals surface area contributed by atoms with Crippen molar-refractivity contribution in [1.29, 1.82) is 0 Å². The molecule has 5 atom stereocenters. The molecule has 0 spiro atoms. The van der Waals surface area contributed by atoms with Gasteiger partial charge in [-0.3, -0.25) is 28.8 Å². The Labute approximate surface area is 193 Å². The van der Waals surface area contributed by atoms with Crippen molar-refractivity contribution in [2.24, 2.45) is 11.5 Å². The number of carboxylic acid groups (broad SMARTS) is 3. The summed E-state index contributed by atoms with van der Waals surface area (Å²) < 4.78 is 0. The molecule has 0 saturated heterocycles. The van der Waals surface area contributed by atoms with Crippen molar-refractivity contribution >= 4 is 41.5 Å². The zero-order valence-corrected chi connectivity index (χ0v) is 18.2. The standard InChI is InChI=1S/C18H29N5O11/c1-7(24)14(17(32)22-10(18(33)34)3-5-12(26)27)23-16(31)9(2-4-11(20)25)21-15(30)8(19)6-13(28)29/h7-10,14,24H,2-6,19H2,1H3,(H2,20,25)(H,21,30)(H,22,32)(H,23,31)(H,26,27)(H,28,29)(H,33,34). The van der Waals surface area contributed by atoms with E-state index in [0.29, 0.717) is 0 Å². The van der Waals surface area contributed by atoms with Crippen LogP contribution in [0.2, 0.25) is 0 Å². The predicted molar refractivity (Wildman–Crippen MR) is 111 cm³/mol. The molecule has 0 aromatic carbocycles. The lowest BCUT2D eigenvalue weighted by Gasteiger charge is -2.26. The second-order valence-corrected chi connectivity index (χ2v) is 7.33. The van der Waals surface area contributed by atoms with Gasteiger partial charge in [0.2, 0.25) is 23.6 Å². The molecule has 0 aromatic heterocycles. The number of nitrogens with one attached hydrogen (secondary N) is 3. The van der Waals surface area contributed by atoms with Crippen molar-refractivity contribution in [2.45, 2.75) is 69.3 Å². The number of nitrogens with two attached hydrogens (primary N) is 2. The van der Waals surface area contributed by atoms with Gasteiger partial charge < -0.3 is 47.8 Å². The quantitative estimate of drug-likeness (QED) is 0.0993. The molecule has 0 heterocycles. The van der Waals surface area contributed by atoms with E-state index < -0.39 is 97.5 Å². The minimum Gasteiger partial charge on any atom is -0.481 e. The minimum absolute atomic E-state index is 0.364. The van der Waals surface area contributed by atoms with E-state index in [4.69, 9.17) is 26.8 Å². The van der Waals surface area contributed by atoms with Crippen LogP contribution >= 0.6 is 0 Å². The first-order valence-electron chi connectivity index (χ1n) is 9.95. The number of carbonyl (C=O) groups is 7. The van der Waals surface area contributed by atoms with Crippen LogP contribution < -0.4 is 27.4 Å². The Morgan fingerprint density at radius 1 is 0.765 bits per heavy atom. The van der Waals surface area contributed by atoms with Gasteiger partial charge in [0.15, 0.2) is 0 Å². The van der Waals surface area contributed by atoms with Crippen LogP contribution in [0.25, 0.3) is 0 Å². The van der Waals surface area contributed by atoms with Gasteiger partial charge in [-0.15, -0.1) is 0 Å². The number of primary amides is 1. The van der Waals surface area contributed by atoms with Gasteiger partial charge in [-0.05, 0) is 19.8 Å². The molecule has 16 heteroatoms. The van der Waals surface area contributed by atoms with Gasteiger partial charge >= 0.3 is 17.9 Å². The van der Waals surface area contributed by atoms with Crippen LogP contribution in [0.3, 0.4) is 0 Å². The summed E-state index contributed by atoms with van der Waals surface area (Å²) in [7, 11) is 0. The van der Waals surface area contributed by atoms with E-state index in [0.717, 1.165) is 6.92 Å². The maximum atomic E-state index is 12.7. The van der Waals surface area contributed by atoms with E-state index in [2.05, 4.69) is 10.6 Å². The Morgan fingerprint density at radius 3 is 1.74 bits per heavy atom. The molecule has 0 aliphatic heterocycles. The Bertz CT molecular complexity index is 801. The normalized spacial score (nSPS) is 15.0. The van der Waals surface area contributed by atoms with Crippen molar-refractivity contribution in [1.82, 2.24) is 16.0 Å².